The minimum absolute atomic E-state index is 0.599. The number of hydrogen-bond acceptors (Lipinski definition) is 0. The quantitative estimate of drug-likeness (QED) is 0.435. The van der Waals surface area contributed by atoms with Crippen LogP contribution in [0.15, 0.2) is 11.6 Å². The molecule has 0 aliphatic heterocycles. The van der Waals surface area contributed by atoms with Crippen LogP contribution in [0.3, 0.4) is 0 Å². The van der Waals surface area contributed by atoms with Crippen molar-refractivity contribution in [1.82, 2.24) is 0 Å². The van der Waals surface area contributed by atoms with Gasteiger partial charge >= 0.3 is 0 Å². The molecule has 1 aliphatic rings. The van der Waals surface area contributed by atoms with E-state index in [4.69, 9.17) is 0 Å². The zero-order valence-electron chi connectivity index (χ0n) is 6.70. The van der Waals surface area contributed by atoms with Gasteiger partial charge in [-0.05, 0) is 31.6 Å². The maximum absolute atomic E-state index is 2.35. The fourth-order valence-corrected chi connectivity index (χ4v) is 1.54. The summed E-state index contributed by atoms with van der Waals surface area (Å²) in [5, 5.41) is 0. The fourth-order valence-electron chi connectivity index (χ4n) is 1.54. The molecule has 0 spiro atoms. The van der Waals surface area contributed by atoms with Gasteiger partial charge in [0.15, 0.2) is 0 Å². The molecule has 0 aromatic rings. The molecule has 0 heteroatoms. The molecular weight excluding hydrogens is 108 g/mol. The van der Waals surface area contributed by atoms with E-state index in [9.17, 15) is 0 Å². The van der Waals surface area contributed by atoms with E-state index in [1.165, 1.54) is 19.3 Å². The Kier molecular flexibility index (Phi) is 1.65. The third-order valence-corrected chi connectivity index (χ3v) is 2.24. The number of rotatable bonds is 0. The van der Waals surface area contributed by atoms with Gasteiger partial charge in [-0.1, -0.05) is 25.5 Å². The summed E-state index contributed by atoms with van der Waals surface area (Å²) in [5.41, 5.74) is 2.25. The standard InChI is InChI=1S/C9H16/c1-4-8-5-6-9(2,3)7-8/h4H,5-7H2,1-3H3/b8-4-. The predicted octanol–water partition coefficient (Wildman–Crippen LogP) is 3.14. The second-order valence-corrected chi connectivity index (χ2v) is 3.79. The Morgan fingerprint density at radius 3 is 2.33 bits per heavy atom. The summed E-state index contributed by atoms with van der Waals surface area (Å²) in [5.74, 6) is 0. The Morgan fingerprint density at radius 1 is 1.44 bits per heavy atom. The van der Waals surface area contributed by atoms with E-state index in [0.29, 0.717) is 5.41 Å². The van der Waals surface area contributed by atoms with Gasteiger partial charge in [-0.2, -0.15) is 0 Å². The molecule has 1 fully saturated rings. The second-order valence-electron chi connectivity index (χ2n) is 3.79. The summed E-state index contributed by atoms with van der Waals surface area (Å²) in [4.78, 5) is 0. The minimum Gasteiger partial charge on any atom is -0.0884 e. The monoisotopic (exact) mass is 124 g/mol. The van der Waals surface area contributed by atoms with Gasteiger partial charge in [-0.15, -0.1) is 0 Å². The first-order valence-electron chi connectivity index (χ1n) is 3.78. The van der Waals surface area contributed by atoms with Crippen LogP contribution >= 0.6 is 0 Å². The van der Waals surface area contributed by atoms with E-state index >= 15 is 0 Å². The third kappa shape index (κ3) is 1.57. The van der Waals surface area contributed by atoms with Crippen LogP contribution in [-0.2, 0) is 0 Å². The first-order chi connectivity index (χ1) is 4.14. The van der Waals surface area contributed by atoms with Gasteiger partial charge in [-0.3, -0.25) is 0 Å². The Hall–Kier alpha value is -0.260. The molecule has 52 valence electrons. The molecule has 0 nitrogen and oxygen atoms in total. The lowest BCUT2D eigenvalue weighted by atomic mass is 9.92. The van der Waals surface area contributed by atoms with Gasteiger partial charge in [0.1, 0.15) is 0 Å². The van der Waals surface area contributed by atoms with Gasteiger partial charge in [0.05, 0.1) is 0 Å². The van der Waals surface area contributed by atoms with Crippen LogP contribution in [0.25, 0.3) is 0 Å². The highest BCUT2D eigenvalue weighted by Gasteiger charge is 2.25. The molecule has 0 heterocycles. The third-order valence-electron chi connectivity index (χ3n) is 2.24. The van der Waals surface area contributed by atoms with E-state index in [2.05, 4.69) is 26.8 Å². The first-order valence-corrected chi connectivity index (χ1v) is 3.78. The molecule has 1 saturated carbocycles. The number of allylic oxidation sites excluding steroid dienone is 2. The normalized spacial score (nSPS) is 29.4. The fraction of sp³-hybridized carbons (Fsp3) is 0.778. The predicted molar refractivity (Wildman–Crippen MR) is 41.4 cm³/mol. The van der Waals surface area contributed by atoms with Crippen molar-refractivity contribution in [3.63, 3.8) is 0 Å². The summed E-state index contributed by atoms with van der Waals surface area (Å²) < 4.78 is 0. The van der Waals surface area contributed by atoms with Crippen LogP contribution < -0.4 is 0 Å². The Balaban J connectivity index is 2.57. The van der Waals surface area contributed by atoms with Crippen molar-refractivity contribution in [1.29, 1.82) is 0 Å². The molecule has 0 bridgehead atoms. The molecule has 9 heavy (non-hydrogen) atoms. The van der Waals surface area contributed by atoms with Gasteiger partial charge < -0.3 is 0 Å². The molecule has 0 N–H and O–H groups in total. The first kappa shape index (κ1) is 6.85. The van der Waals surface area contributed by atoms with Gasteiger partial charge in [0.25, 0.3) is 0 Å². The molecule has 0 aromatic carbocycles. The van der Waals surface area contributed by atoms with Crippen LogP contribution in [-0.4, -0.2) is 0 Å². The zero-order valence-corrected chi connectivity index (χ0v) is 6.70. The number of hydrogen-bond donors (Lipinski definition) is 0. The lowest BCUT2D eigenvalue weighted by Gasteiger charge is -2.14. The van der Waals surface area contributed by atoms with Crippen LogP contribution in [0.4, 0.5) is 0 Å². The molecule has 0 amide bonds. The summed E-state index contributed by atoms with van der Waals surface area (Å²) in [6.07, 6.45) is 6.31. The maximum Gasteiger partial charge on any atom is -0.0269 e. The average Bonchev–Trinajstić information content (AvgIpc) is 2.10. The van der Waals surface area contributed by atoms with Crippen molar-refractivity contribution in [3.05, 3.63) is 11.6 Å². The summed E-state index contributed by atoms with van der Waals surface area (Å²) in [7, 11) is 0. The van der Waals surface area contributed by atoms with E-state index in [1.54, 1.807) is 5.57 Å². The highest BCUT2D eigenvalue weighted by molar-refractivity contribution is 5.09. The van der Waals surface area contributed by atoms with Crippen LogP contribution in [0.2, 0.25) is 0 Å². The van der Waals surface area contributed by atoms with Crippen molar-refractivity contribution in [2.75, 3.05) is 0 Å². The molecule has 1 aliphatic carbocycles. The lowest BCUT2D eigenvalue weighted by molar-refractivity contribution is 0.389. The largest absolute Gasteiger partial charge is 0.0884 e. The zero-order chi connectivity index (χ0) is 6.91. The van der Waals surface area contributed by atoms with Crippen molar-refractivity contribution >= 4 is 0 Å². The summed E-state index contributed by atoms with van der Waals surface area (Å²) >= 11 is 0. The van der Waals surface area contributed by atoms with E-state index in [1.807, 2.05) is 0 Å². The Bertz CT molecular complexity index is 129. The van der Waals surface area contributed by atoms with Gasteiger partial charge in [0.2, 0.25) is 0 Å². The van der Waals surface area contributed by atoms with Gasteiger partial charge in [-0.25, -0.2) is 0 Å². The van der Waals surface area contributed by atoms with Crippen molar-refractivity contribution in [3.8, 4) is 0 Å². The van der Waals surface area contributed by atoms with Gasteiger partial charge in [0, 0.05) is 0 Å². The van der Waals surface area contributed by atoms with E-state index < -0.39 is 0 Å². The molecular formula is C9H16. The second kappa shape index (κ2) is 2.17. The topological polar surface area (TPSA) is 0 Å². The highest BCUT2D eigenvalue weighted by Crippen LogP contribution is 2.40. The van der Waals surface area contributed by atoms with Crippen molar-refractivity contribution in [2.24, 2.45) is 5.41 Å². The maximum atomic E-state index is 2.35. The molecule has 1 rings (SSSR count). The minimum atomic E-state index is 0.599. The average molecular weight is 124 g/mol. The Labute approximate surface area is 58.0 Å². The molecule has 0 atom stereocenters. The van der Waals surface area contributed by atoms with Crippen LogP contribution in [0.5, 0.6) is 0 Å². The van der Waals surface area contributed by atoms with Crippen LogP contribution in [0.1, 0.15) is 40.0 Å². The molecule has 0 unspecified atom stereocenters. The van der Waals surface area contributed by atoms with Crippen molar-refractivity contribution < 1.29 is 0 Å². The highest BCUT2D eigenvalue weighted by atomic mass is 14.3. The van der Waals surface area contributed by atoms with E-state index in [0.717, 1.165) is 0 Å². The van der Waals surface area contributed by atoms with Crippen molar-refractivity contribution in [2.45, 2.75) is 40.0 Å². The lowest BCUT2D eigenvalue weighted by Crippen LogP contribution is -2.02. The molecule has 0 aromatic heterocycles. The van der Waals surface area contributed by atoms with E-state index in [-0.39, 0.29) is 0 Å². The molecule has 0 saturated heterocycles. The summed E-state index contributed by atoms with van der Waals surface area (Å²) in [6, 6.07) is 0. The summed E-state index contributed by atoms with van der Waals surface area (Å²) in [6.45, 7) is 6.85. The van der Waals surface area contributed by atoms with Crippen LogP contribution in [0, 0.1) is 5.41 Å². The Morgan fingerprint density at radius 2 is 2.11 bits per heavy atom. The smallest absolute Gasteiger partial charge is 0.0269 e. The SMILES string of the molecule is C/C=C1/CCC(C)(C)C1. The molecule has 0 radical (unpaired) electrons.